The minimum Gasteiger partial charge on any atom is -0.383 e. The molecule has 0 saturated carbocycles. The summed E-state index contributed by atoms with van der Waals surface area (Å²) in [6.45, 7) is 6.19. The van der Waals surface area contributed by atoms with Gasteiger partial charge in [0.2, 0.25) is 0 Å². The largest absolute Gasteiger partial charge is 0.383 e. The van der Waals surface area contributed by atoms with Gasteiger partial charge in [0, 0.05) is 25.9 Å². The normalized spacial score (nSPS) is 16.7. The van der Waals surface area contributed by atoms with Gasteiger partial charge >= 0.3 is 0 Å². The summed E-state index contributed by atoms with van der Waals surface area (Å²) in [7, 11) is 1.66. The Balaban J connectivity index is 1.82. The van der Waals surface area contributed by atoms with Crippen molar-refractivity contribution in [2.24, 2.45) is 5.41 Å². The number of methoxy groups -OCH3 is 1. The zero-order valence-electron chi connectivity index (χ0n) is 13.7. The fourth-order valence-corrected chi connectivity index (χ4v) is 2.75. The minimum absolute atomic E-state index is 0.00318. The molecule has 1 amide bonds. The van der Waals surface area contributed by atoms with Gasteiger partial charge in [-0.2, -0.15) is 0 Å². The Hall–Kier alpha value is -2.22. The van der Waals surface area contributed by atoms with Gasteiger partial charge in [0.15, 0.2) is 0 Å². The van der Waals surface area contributed by atoms with E-state index in [2.05, 4.69) is 39.3 Å². The number of nitrogens with one attached hydrogen (secondary N) is 2. The molecule has 0 bridgehead atoms. The minimum atomic E-state index is -0.117. The van der Waals surface area contributed by atoms with Crippen LogP contribution in [0.2, 0.25) is 0 Å². The standard InChI is InChI=1S/C15H22N6O2/c1-15(2)7-10-13(14(22)16-8-15)19-11(18-10)6-12-20-17-9-21(12)4-5-23-3/h9H,4-8H2,1-3H3,(H,16,22)(H,18,19). The van der Waals surface area contributed by atoms with Gasteiger partial charge in [0.05, 0.1) is 13.0 Å². The van der Waals surface area contributed by atoms with Crippen LogP contribution in [0.25, 0.3) is 0 Å². The molecule has 0 aromatic carbocycles. The lowest BCUT2D eigenvalue weighted by Crippen LogP contribution is -2.32. The monoisotopic (exact) mass is 318 g/mol. The van der Waals surface area contributed by atoms with E-state index in [0.29, 0.717) is 31.8 Å². The number of H-pyrrole nitrogens is 1. The van der Waals surface area contributed by atoms with E-state index in [-0.39, 0.29) is 11.3 Å². The number of carbonyl (C=O) groups excluding carboxylic acids is 1. The average Bonchev–Trinajstić information content (AvgIpc) is 3.07. The van der Waals surface area contributed by atoms with Crippen LogP contribution >= 0.6 is 0 Å². The van der Waals surface area contributed by atoms with Gasteiger partial charge in [-0.25, -0.2) is 4.98 Å². The van der Waals surface area contributed by atoms with Crippen molar-refractivity contribution in [1.29, 1.82) is 0 Å². The Labute approximate surface area is 134 Å². The molecule has 0 spiro atoms. The number of rotatable bonds is 5. The van der Waals surface area contributed by atoms with E-state index in [1.807, 2.05) is 4.57 Å². The maximum absolute atomic E-state index is 12.2. The molecule has 8 nitrogen and oxygen atoms in total. The lowest BCUT2D eigenvalue weighted by molar-refractivity contribution is 0.0940. The first-order chi connectivity index (χ1) is 11.0. The topological polar surface area (TPSA) is 97.7 Å². The Morgan fingerprint density at radius 3 is 3.04 bits per heavy atom. The van der Waals surface area contributed by atoms with E-state index in [0.717, 1.165) is 23.8 Å². The number of aromatic nitrogens is 5. The Morgan fingerprint density at radius 1 is 1.43 bits per heavy atom. The number of aromatic amines is 1. The maximum Gasteiger partial charge on any atom is 0.271 e. The second-order valence-corrected chi connectivity index (χ2v) is 6.64. The third-order valence-corrected chi connectivity index (χ3v) is 3.98. The fourth-order valence-electron chi connectivity index (χ4n) is 2.75. The third kappa shape index (κ3) is 3.42. The summed E-state index contributed by atoms with van der Waals surface area (Å²) in [4.78, 5) is 19.9. The molecule has 124 valence electrons. The molecule has 8 heteroatoms. The molecule has 0 atom stereocenters. The van der Waals surface area contributed by atoms with Crippen LogP contribution < -0.4 is 5.32 Å². The predicted octanol–water partition coefficient (Wildman–Crippen LogP) is 0.550. The highest BCUT2D eigenvalue weighted by atomic mass is 16.5. The third-order valence-electron chi connectivity index (χ3n) is 3.98. The quantitative estimate of drug-likeness (QED) is 0.839. The molecule has 0 fully saturated rings. The van der Waals surface area contributed by atoms with Crippen LogP contribution in [0, 0.1) is 5.41 Å². The molecule has 1 aliphatic heterocycles. The number of amides is 1. The number of imidazole rings is 1. The van der Waals surface area contributed by atoms with Crippen molar-refractivity contribution in [2.45, 2.75) is 33.2 Å². The van der Waals surface area contributed by atoms with Gasteiger partial charge < -0.3 is 19.6 Å². The van der Waals surface area contributed by atoms with Crippen LogP contribution in [-0.2, 0) is 24.1 Å². The molecular formula is C15H22N6O2. The molecule has 2 N–H and O–H groups in total. The molecule has 0 saturated heterocycles. The maximum atomic E-state index is 12.2. The summed E-state index contributed by atoms with van der Waals surface area (Å²) in [6.07, 6.45) is 2.97. The highest BCUT2D eigenvalue weighted by Gasteiger charge is 2.29. The van der Waals surface area contributed by atoms with Crippen LogP contribution in [0.1, 0.15) is 41.7 Å². The molecule has 0 unspecified atom stereocenters. The summed E-state index contributed by atoms with van der Waals surface area (Å²) in [6, 6.07) is 0. The van der Waals surface area contributed by atoms with Gasteiger partial charge in [-0.05, 0) is 11.8 Å². The second kappa shape index (κ2) is 6.11. The van der Waals surface area contributed by atoms with Crippen LogP contribution in [0.4, 0.5) is 0 Å². The van der Waals surface area contributed by atoms with Crippen molar-refractivity contribution in [3.8, 4) is 0 Å². The van der Waals surface area contributed by atoms with Crippen LogP contribution in [0.3, 0.4) is 0 Å². The lowest BCUT2D eigenvalue weighted by Gasteiger charge is -2.21. The number of carbonyl (C=O) groups is 1. The number of hydrogen-bond acceptors (Lipinski definition) is 5. The summed E-state index contributed by atoms with van der Waals surface area (Å²) in [5.41, 5.74) is 1.39. The summed E-state index contributed by atoms with van der Waals surface area (Å²) in [5.74, 6) is 1.41. The Morgan fingerprint density at radius 2 is 2.26 bits per heavy atom. The highest BCUT2D eigenvalue weighted by molar-refractivity contribution is 5.93. The van der Waals surface area contributed by atoms with E-state index >= 15 is 0 Å². The summed E-state index contributed by atoms with van der Waals surface area (Å²) in [5, 5.41) is 11.0. The summed E-state index contributed by atoms with van der Waals surface area (Å²) < 4.78 is 7.02. The molecule has 3 rings (SSSR count). The molecular weight excluding hydrogens is 296 g/mol. The van der Waals surface area contributed by atoms with Crippen LogP contribution in [0.15, 0.2) is 6.33 Å². The van der Waals surface area contributed by atoms with Gasteiger partial charge in [-0.3, -0.25) is 4.79 Å². The average molecular weight is 318 g/mol. The molecule has 0 radical (unpaired) electrons. The fraction of sp³-hybridized carbons (Fsp3) is 0.600. The van der Waals surface area contributed by atoms with Crippen LogP contribution in [-0.4, -0.2) is 50.9 Å². The van der Waals surface area contributed by atoms with E-state index in [9.17, 15) is 4.79 Å². The van der Waals surface area contributed by atoms with Gasteiger partial charge in [-0.1, -0.05) is 13.8 Å². The molecule has 0 aliphatic carbocycles. The van der Waals surface area contributed by atoms with Crippen molar-refractivity contribution in [1.82, 2.24) is 30.0 Å². The first-order valence-corrected chi connectivity index (χ1v) is 7.70. The molecule has 2 aromatic rings. The van der Waals surface area contributed by atoms with Gasteiger partial charge in [0.25, 0.3) is 5.91 Å². The first-order valence-electron chi connectivity index (χ1n) is 7.70. The number of fused-ring (bicyclic) bond motifs is 1. The van der Waals surface area contributed by atoms with Crippen LogP contribution in [0.5, 0.6) is 0 Å². The van der Waals surface area contributed by atoms with Crippen molar-refractivity contribution in [3.63, 3.8) is 0 Å². The second-order valence-electron chi connectivity index (χ2n) is 6.64. The van der Waals surface area contributed by atoms with E-state index < -0.39 is 0 Å². The number of hydrogen-bond donors (Lipinski definition) is 2. The van der Waals surface area contributed by atoms with Gasteiger partial charge in [0.1, 0.15) is 23.7 Å². The highest BCUT2D eigenvalue weighted by Crippen LogP contribution is 2.25. The molecule has 1 aliphatic rings. The first kappa shape index (κ1) is 15.7. The predicted molar refractivity (Wildman–Crippen MR) is 83.1 cm³/mol. The van der Waals surface area contributed by atoms with E-state index in [4.69, 9.17) is 4.74 Å². The van der Waals surface area contributed by atoms with E-state index in [1.165, 1.54) is 0 Å². The van der Waals surface area contributed by atoms with Crippen molar-refractivity contribution in [3.05, 3.63) is 29.4 Å². The Kier molecular flexibility index (Phi) is 4.16. The van der Waals surface area contributed by atoms with Crippen molar-refractivity contribution < 1.29 is 9.53 Å². The smallest absolute Gasteiger partial charge is 0.271 e. The van der Waals surface area contributed by atoms with E-state index in [1.54, 1.807) is 13.4 Å². The SMILES string of the molecule is COCCn1cnnc1Cc1nc2c([nH]1)CC(C)(C)CNC2=O. The van der Waals surface area contributed by atoms with Crippen molar-refractivity contribution >= 4 is 5.91 Å². The number of nitrogens with zero attached hydrogens (tertiary/aromatic N) is 4. The Bertz CT molecular complexity index is 703. The van der Waals surface area contributed by atoms with Crippen molar-refractivity contribution in [2.75, 3.05) is 20.3 Å². The molecule has 2 aromatic heterocycles. The number of ether oxygens (including phenoxy) is 1. The zero-order valence-corrected chi connectivity index (χ0v) is 13.7. The molecule has 23 heavy (non-hydrogen) atoms. The lowest BCUT2D eigenvalue weighted by atomic mass is 9.88. The summed E-state index contributed by atoms with van der Waals surface area (Å²) >= 11 is 0. The molecule has 3 heterocycles. The van der Waals surface area contributed by atoms with Gasteiger partial charge in [-0.15, -0.1) is 10.2 Å². The zero-order chi connectivity index (χ0) is 16.4.